The van der Waals surface area contributed by atoms with Crippen molar-refractivity contribution in [2.24, 2.45) is 10.8 Å². The molecule has 0 saturated carbocycles. The number of hydrogen-bond donors (Lipinski definition) is 2. The quantitative estimate of drug-likeness (QED) is 0.341. The van der Waals surface area contributed by atoms with E-state index < -0.39 is 23.6 Å². The SMILES string of the molecule is [N-]=[N+]=NCCCNC(C(N)=O)c1ccc(F)cc1F. The van der Waals surface area contributed by atoms with Crippen LogP contribution in [0.4, 0.5) is 8.78 Å². The summed E-state index contributed by atoms with van der Waals surface area (Å²) < 4.78 is 26.3. The third-order valence-electron chi connectivity index (χ3n) is 2.40. The fourth-order valence-corrected chi connectivity index (χ4v) is 1.54. The van der Waals surface area contributed by atoms with Crippen molar-refractivity contribution in [3.05, 3.63) is 45.8 Å². The molecule has 1 rings (SSSR count). The van der Waals surface area contributed by atoms with Crippen molar-refractivity contribution in [3.8, 4) is 0 Å². The molecule has 0 heterocycles. The number of azide groups is 1. The summed E-state index contributed by atoms with van der Waals surface area (Å²) in [5.41, 5.74) is 13.2. The molecule has 0 fully saturated rings. The van der Waals surface area contributed by atoms with Crippen molar-refractivity contribution in [2.45, 2.75) is 12.5 Å². The maximum atomic E-state index is 13.5. The van der Waals surface area contributed by atoms with Gasteiger partial charge in [0.25, 0.3) is 0 Å². The van der Waals surface area contributed by atoms with Crippen LogP contribution >= 0.6 is 0 Å². The van der Waals surface area contributed by atoms with E-state index in [9.17, 15) is 13.6 Å². The van der Waals surface area contributed by atoms with Crippen LogP contribution in [-0.2, 0) is 4.79 Å². The highest BCUT2D eigenvalue weighted by atomic mass is 19.1. The van der Waals surface area contributed by atoms with Crippen LogP contribution in [0.5, 0.6) is 0 Å². The standard InChI is InChI=1S/C11H13F2N5O/c12-7-2-3-8(9(13)6-7)10(11(14)19)16-4-1-5-17-18-15/h2-3,6,10,16H,1,4-5H2,(H2,14,19). The lowest BCUT2D eigenvalue weighted by Gasteiger charge is -2.16. The Kier molecular flexibility index (Phi) is 5.72. The highest BCUT2D eigenvalue weighted by molar-refractivity contribution is 5.81. The summed E-state index contributed by atoms with van der Waals surface area (Å²) in [6, 6.07) is 1.86. The lowest BCUT2D eigenvalue weighted by atomic mass is 10.1. The molecule has 6 nitrogen and oxygen atoms in total. The molecule has 1 unspecified atom stereocenters. The number of carbonyl (C=O) groups is 1. The largest absolute Gasteiger partial charge is 0.368 e. The predicted molar refractivity (Wildman–Crippen MR) is 64.9 cm³/mol. The summed E-state index contributed by atoms with van der Waals surface area (Å²) in [4.78, 5) is 13.8. The Morgan fingerprint density at radius 1 is 1.53 bits per heavy atom. The fourth-order valence-electron chi connectivity index (χ4n) is 1.54. The molecule has 102 valence electrons. The van der Waals surface area contributed by atoms with Gasteiger partial charge in [0.2, 0.25) is 5.91 Å². The molecule has 0 aliphatic carbocycles. The molecule has 0 bridgehead atoms. The van der Waals surface area contributed by atoms with Crippen LogP contribution in [0.1, 0.15) is 18.0 Å². The summed E-state index contributed by atoms with van der Waals surface area (Å²) in [5, 5.41) is 6.05. The molecule has 3 N–H and O–H groups in total. The molecule has 19 heavy (non-hydrogen) atoms. The number of benzene rings is 1. The highest BCUT2D eigenvalue weighted by Gasteiger charge is 2.20. The predicted octanol–water partition coefficient (Wildman–Crippen LogP) is 1.78. The number of halogens is 2. The molecular formula is C11H13F2N5O. The van der Waals surface area contributed by atoms with Crippen LogP contribution in [0.15, 0.2) is 23.3 Å². The molecule has 0 aromatic heterocycles. The molecular weight excluding hydrogens is 256 g/mol. The van der Waals surface area contributed by atoms with Crippen LogP contribution in [0.3, 0.4) is 0 Å². The molecule has 0 aliphatic rings. The van der Waals surface area contributed by atoms with Gasteiger partial charge in [0.15, 0.2) is 0 Å². The van der Waals surface area contributed by atoms with Gasteiger partial charge in [0.1, 0.15) is 17.7 Å². The molecule has 0 spiro atoms. The maximum Gasteiger partial charge on any atom is 0.239 e. The van der Waals surface area contributed by atoms with Gasteiger partial charge in [-0.2, -0.15) is 0 Å². The molecule has 0 aliphatic heterocycles. The van der Waals surface area contributed by atoms with Gasteiger partial charge in [0.05, 0.1) is 0 Å². The summed E-state index contributed by atoms with van der Waals surface area (Å²) in [7, 11) is 0. The average molecular weight is 269 g/mol. The van der Waals surface area contributed by atoms with E-state index in [2.05, 4.69) is 15.3 Å². The minimum absolute atomic E-state index is 0.0160. The first-order valence-electron chi connectivity index (χ1n) is 5.54. The van der Waals surface area contributed by atoms with Crippen molar-refractivity contribution >= 4 is 5.91 Å². The Labute approximate surface area is 108 Å². The maximum absolute atomic E-state index is 13.5. The molecule has 1 aromatic rings. The number of rotatable bonds is 7. The number of primary amides is 1. The Hall–Kier alpha value is -2.18. The van der Waals surface area contributed by atoms with Crippen LogP contribution in [-0.4, -0.2) is 19.0 Å². The number of amides is 1. The van der Waals surface area contributed by atoms with Crippen molar-refractivity contribution in [2.75, 3.05) is 13.1 Å². The molecule has 1 amide bonds. The van der Waals surface area contributed by atoms with Gasteiger partial charge >= 0.3 is 0 Å². The second kappa shape index (κ2) is 7.30. The zero-order valence-electron chi connectivity index (χ0n) is 10.0. The van der Waals surface area contributed by atoms with E-state index in [1.54, 1.807) is 0 Å². The molecule has 1 atom stereocenters. The fraction of sp³-hybridized carbons (Fsp3) is 0.364. The summed E-state index contributed by atoms with van der Waals surface area (Å²) in [5.74, 6) is -2.34. The van der Waals surface area contributed by atoms with Crippen molar-refractivity contribution in [3.63, 3.8) is 0 Å². The lowest BCUT2D eigenvalue weighted by Crippen LogP contribution is -2.35. The number of nitrogens with one attached hydrogen (secondary N) is 1. The zero-order chi connectivity index (χ0) is 14.3. The second-order valence-corrected chi connectivity index (χ2v) is 3.76. The van der Waals surface area contributed by atoms with E-state index in [1.807, 2.05) is 0 Å². The number of nitrogens with two attached hydrogens (primary N) is 1. The number of carbonyl (C=O) groups excluding carboxylic acids is 1. The Balaban J connectivity index is 2.71. The first kappa shape index (κ1) is 14.9. The smallest absolute Gasteiger partial charge is 0.239 e. The third-order valence-corrected chi connectivity index (χ3v) is 2.40. The van der Waals surface area contributed by atoms with E-state index in [4.69, 9.17) is 11.3 Å². The van der Waals surface area contributed by atoms with Gasteiger partial charge < -0.3 is 11.1 Å². The molecule has 0 saturated heterocycles. The van der Waals surface area contributed by atoms with Crippen molar-refractivity contribution in [1.82, 2.24) is 5.32 Å². The van der Waals surface area contributed by atoms with Crippen LogP contribution in [0, 0.1) is 11.6 Å². The summed E-state index contributed by atoms with van der Waals surface area (Å²) >= 11 is 0. The Morgan fingerprint density at radius 3 is 2.84 bits per heavy atom. The van der Waals surface area contributed by atoms with Crippen molar-refractivity contribution in [1.29, 1.82) is 0 Å². The Bertz CT molecular complexity index is 502. The van der Waals surface area contributed by atoms with Crippen LogP contribution in [0.2, 0.25) is 0 Å². The number of hydrogen-bond acceptors (Lipinski definition) is 3. The monoisotopic (exact) mass is 269 g/mol. The topological polar surface area (TPSA) is 104 Å². The van der Waals surface area contributed by atoms with Gasteiger partial charge in [-0.15, -0.1) is 0 Å². The normalized spacial score (nSPS) is 11.7. The summed E-state index contributed by atoms with van der Waals surface area (Å²) in [6.07, 6.45) is 0.469. The molecule has 1 aromatic carbocycles. The second-order valence-electron chi connectivity index (χ2n) is 3.76. The van der Waals surface area contributed by atoms with Crippen LogP contribution in [0.25, 0.3) is 10.4 Å². The first-order valence-corrected chi connectivity index (χ1v) is 5.54. The third kappa shape index (κ3) is 4.53. The highest BCUT2D eigenvalue weighted by Crippen LogP contribution is 2.17. The minimum atomic E-state index is -1.05. The lowest BCUT2D eigenvalue weighted by molar-refractivity contribution is -0.120. The van der Waals surface area contributed by atoms with E-state index in [0.29, 0.717) is 19.0 Å². The Morgan fingerprint density at radius 2 is 2.26 bits per heavy atom. The van der Waals surface area contributed by atoms with Gasteiger partial charge in [-0.3, -0.25) is 4.79 Å². The van der Waals surface area contributed by atoms with E-state index in [0.717, 1.165) is 6.07 Å². The molecule has 8 heteroatoms. The van der Waals surface area contributed by atoms with E-state index >= 15 is 0 Å². The van der Waals surface area contributed by atoms with Crippen LogP contribution < -0.4 is 11.1 Å². The summed E-state index contributed by atoms with van der Waals surface area (Å²) in [6.45, 7) is 0.560. The van der Waals surface area contributed by atoms with E-state index in [-0.39, 0.29) is 12.1 Å². The van der Waals surface area contributed by atoms with Gasteiger partial charge in [-0.25, -0.2) is 8.78 Å². The van der Waals surface area contributed by atoms with Gasteiger partial charge in [0, 0.05) is 23.1 Å². The van der Waals surface area contributed by atoms with Gasteiger partial charge in [-0.05, 0) is 24.6 Å². The zero-order valence-corrected chi connectivity index (χ0v) is 10.0. The average Bonchev–Trinajstić information content (AvgIpc) is 2.35. The molecule has 0 radical (unpaired) electrons. The van der Waals surface area contributed by atoms with Crippen molar-refractivity contribution < 1.29 is 13.6 Å². The van der Waals surface area contributed by atoms with Gasteiger partial charge in [-0.1, -0.05) is 11.2 Å². The minimum Gasteiger partial charge on any atom is -0.368 e. The first-order chi connectivity index (χ1) is 9.06. The van der Waals surface area contributed by atoms with E-state index in [1.165, 1.54) is 6.07 Å². The number of nitrogens with zero attached hydrogens (tertiary/aromatic N) is 3.